The number of hydrogen-bond acceptors (Lipinski definition) is 5. The van der Waals surface area contributed by atoms with Crippen molar-refractivity contribution in [2.75, 3.05) is 31.1 Å². The minimum Gasteiger partial charge on any atom is -0.370 e. The van der Waals surface area contributed by atoms with Gasteiger partial charge in [-0.3, -0.25) is 4.99 Å². The lowest BCUT2D eigenvalue weighted by molar-refractivity contribution is 0.445. The smallest absolute Gasteiger partial charge is 0.243 e. The molecule has 192 valence electrons. The van der Waals surface area contributed by atoms with E-state index in [4.69, 9.17) is 28.2 Å². The van der Waals surface area contributed by atoms with Crippen molar-refractivity contribution in [3.8, 4) is 5.69 Å². The maximum Gasteiger partial charge on any atom is 0.243 e. The quantitative estimate of drug-likeness (QED) is 0.312. The zero-order valence-electron chi connectivity index (χ0n) is 20.8. The number of anilines is 1. The van der Waals surface area contributed by atoms with E-state index < -0.39 is 10.0 Å². The zero-order chi connectivity index (χ0) is 25.9. The molecule has 0 atom stereocenters. The SMILES string of the molecule is CCN(CC)S(=O)(=O)c1ccc(N2CCCCC2)c(N=Cc2c(C)nn(-c3ccccc3Cl)c2Cl)c1. The molecule has 1 saturated heterocycles. The van der Waals surface area contributed by atoms with Gasteiger partial charge < -0.3 is 4.90 Å². The average molecular weight is 549 g/mol. The Bertz CT molecular complexity index is 1360. The Hall–Kier alpha value is -2.39. The molecule has 7 nitrogen and oxygen atoms in total. The van der Waals surface area contributed by atoms with Crippen LogP contribution in [0.2, 0.25) is 10.2 Å². The second kappa shape index (κ2) is 11.3. The van der Waals surface area contributed by atoms with Crippen LogP contribution in [0.4, 0.5) is 11.4 Å². The molecule has 1 fully saturated rings. The van der Waals surface area contributed by atoms with Gasteiger partial charge in [-0.2, -0.15) is 9.40 Å². The van der Waals surface area contributed by atoms with Crippen molar-refractivity contribution in [3.05, 3.63) is 63.9 Å². The van der Waals surface area contributed by atoms with Crippen LogP contribution < -0.4 is 4.90 Å². The van der Waals surface area contributed by atoms with Crippen LogP contribution in [0.5, 0.6) is 0 Å². The highest BCUT2D eigenvalue weighted by Gasteiger charge is 2.24. The molecule has 4 rings (SSSR count). The molecule has 1 aliphatic heterocycles. The molecule has 2 aromatic carbocycles. The van der Waals surface area contributed by atoms with Crippen LogP contribution in [-0.2, 0) is 10.0 Å². The number of rotatable bonds is 8. The van der Waals surface area contributed by atoms with Crippen LogP contribution in [0, 0.1) is 6.92 Å². The molecule has 0 unspecified atom stereocenters. The van der Waals surface area contributed by atoms with Gasteiger partial charge in [-0.05, 0) is 56.5 Å². The number of aryl methyl sites for hydroxylation is 1. The Morgan fingerprint density at radius 3 is 2.39 bits per heavy atom. The first-order chi connectivity index (χ1) is 17.3. The lowest BCUT2D eigenvalue weighted by Crippen LogP contribution is -2.31. The maximum absolute atomic E-state index is 13.2. The zero-order valence-corrected chi connectivity index (χ0v) is 23.1. The molecular weight excluding hydrogens is 517 g/mol. The maximum atomic E-state index is 13.2. The first-order valence-electron chi connectivity index (χ1n) is 12.2. The third-order valence-electron chi connectivity index (χ3n) is 6.45. The summed E-state index contributed by atoms with van der Waals surface area (Å²) in [6, 6.07) is 12.6. The monoisotopic (exact) mass is 547 g/mol. The molecule has 1 aromatic heterocycles. The van der Waals surface area contributed by atoms with E-state index >= 15 is 0 Å². The topological polar surface area (TPSA) is 70.8 Å². The molecule has 0 N–H and O–H groups in total. The van der Waals surface area contributed by atoms with Crippen LogP contribution in [0.1, 0.15) is 44.4 Å². The van der Waals surface area contributed by atoms with Crippen molar-refractivity contribution in [2.24, 2.45) is 4.99 Å². The summed E-state index contributed by atoms with van der Waals surface area (Å²) in [6.45, 7) is 8.16. The second-order valence-corrected chi connectivity index (χ2v) is 11.4. The van der Waals surface area contributed by atoms with E-state index in [1.54, 1.807) is 29.1 Å². The molecular formula is C26H31Cl2N5O2S. The minimum absolute atomic E-state index is 0.230. The number of halogens is 2. The molecule has 36 heavy (non-hydrogen) atoms. The highest BCUT2D eigenvalue weighted by Crippen LogP contribution is 2.35. The van der Waals surface area contributed by atoms with E-state index in [1.807, 2.05) is 45.0 Å². The predicted octanol–water partition coefficient (Wildman–Crippen LogP) is 6.26. The number of hydrogen-bond donors (Lipinski definition) is 0. The fraction of sp³-hybridized carbons (Fsp3) is 0.385. The number of sulfonamides is 1. The van der Waals surface area contributed by atoms with Crippen molar-refractivity contribution in [3.63, 3.8) is 0 Å². The first-order valence-corrected chi connectivity index (χ1v) is 14.4. The van der Waals surface area contributed by atoms with Crippen molar-refractivity contribution in [2.45, 2.75) is 44.9 Å². The van der Waals surface area contributed by atoms with E-state index in [-0.39, 0.29) is 4.90 Å². The molecule has 0 spiro atoms. The average Bonchev–Trinajstić information content (AvgIpc) is 3.16. The lowest BCUT2D eigenvalue weighted by atomic mass is 10.1. The number of piperidine rings is 1. The molecule has 1 aliphatic rings. The molecule has 0 aliphatic carbocycles. The molecule has 2 heterocycles. The van der Waals surface area contributed by atoms with Crippen molar-refractivity contribution in [1.82, 2.24) is 14.1 Å². The normalized spacial score (nSPS) is 14.8. The molecule has 10 heteroatoms. The van der Waals surface area contributed by atoms with Crippen molar-refractivity contribution >= 4 is 50.8 Å². The van der Waals surface area contributed by atoms with Crippen LogP contribution >= 0.6 is 23.2 Å². The van der Waals surface area contributed by atoms with Gasteiger partial charge in [0.1, 0.15) is 5.15 Å². The number of para-hydroxylation sites is 1. The number of aromatic nitrogens is 2. The van der Waals surface area contributed by atoms with Crippen LogP contribution in [0.25, 0.3) is 5.69 Å². The Morgan fingerprint density at radius 2 is 1.72 bits per heavy atom. The second-order valence-electron chi connectivity index (χ2n) is 8.70. The largest absolute Gasteiger partial charge is 0.370 e. The van der Waals surface area contributed by atoms with E-state index in [1.165, 1.54) is 10.7 Å². The van der Waals surface area contributed by atoms with Crippen molar-refractivity contribution in [1.29, 1.82) is 0 Å². The van der Waals surface area contributed by atoms with Gasteiger partial charge in [0.05, 0.1) is 38.2 Å². The van der Waals surface area contributed by atoms with Gasteiger partial charge in [0.15, 0.2) is 0 Å². The molecule has 0 radical (unpaired) electrons. The number of benzene rings is 2. The van der Waals surface area contributed by atoms with Gasteiger partial charge >= 0.3 is 0 Å². The summed E-state index contributed by atoms with van der Waals surface area (Å²) >= 11 is 13.1. The van der Waals surface area contributed by atoms with E-state index in [0.717, 1.165) is 31.6 Å². The molecule has 3 aromatic rings. The summed E-state index contributed by atoms with van der Waals surface area (Å²) < 4.78 is 29.5. The molecule has 0 bridgehead atoms. The fourth-order valence-corrected chi connectivity index (χ4v) is 6.47. The van der Waals surface area contributed by atoms with Gasteiger partial charge in [-0.1, -0.05) is 49.2 Å². The Balaban J connectivity index is 1.78. The first kappa shape index (κ1) is 26.7. The van der Waals surface area contributed by atoms with E-state index in [0.29, 0.717) is 45.9 Å². The summed E-state index contributed by atoms with van der Waals surface area (Å²) in [4.78, 5) is 7.27. The summed E-state index contributed by atoms with van der Waals surface area (Å²) in [6.07, 6.45) is 5.05. The van der Waals surface area contributed by atoms with Gasteiger partial charge in [0, 0.05) is 32.4 Å². The summed E-state index contributed by atoms with van der Waals surface area (Å²) in [5, 5.41) is 5.48. The van der Waals surface area contributed by atoms with Crippen LogP contribution in [-0.4, -0.2) is 54.9 Å². The lowest BCUT2D eigenvalue weighted by Gasteiger charge is -2.30. The van der Waals surface area contributed by atoms with Gasteiger partial charge in [-0.25, -0.2) is 13.1 Å². The number of nitrogens with zero attached hydrogens (tertiary/aromatic N) is 5. The summed E-state index contributed by atoms with van der Waals surface area (Å²) in [5.41, 5.74) is 3.52. The van der Waals surface area contributed by atoms with E-state index in [9.17, 15) is 8.42 Å². The Morgan fingerprint density at radius 1 is 1.03 bits per heavy atom. The Labute approximate surface area is 223 Å². The predicted molar refractivity (Wildman–Crippen MR) is 148 cm³/mol. The van der Waals surface area contributed by atoms with E-state index in [2.05, 4.69) is 10.00 Å². The highest BCUT2D eigenvalue weighted by molar-refractivity contribution is 7.89. The Kier molecular flexibility index (Phi) is 8.40. The summed E-state index contributed by atoms with van der Waals surface area (Å²) in [5.74, 6) is 0. The van der Waals surface area contributed by atoms with Crippen LogP contribution in [0.15, 0.2) is 52.4 Å². The molecule has 0 amide bonds. The van der Waals surface area contributed by atoms with Gasteiger partial charge in [0.2, 0.25) is 10.0 Å². The fourth-order valence-electron chi connectivity index (χ4n) is 4.46. The third kappa shape index (κ3) is 5.32. The van der Waals surface area contributed by atoms with Crippen LogP contribution in [0.3, 0.4) is 0 Å². The van der Waals surface area contributed by atoms with Gasteiger partial charge in [0.25, 0.3) is 0 Å². The van der Waals surface area contributed by atoms with Gasteiger partial charge in [-0.15, -0.1) is 0 Å². The third-order valence-corrected chi connectivity index (χ3v) is 9.18. The molecule has 0 saturated carbocycles. The minimum atomic E-state index is -3.62. The highest BCUT2D eigenvalue weighted by atomic mass is 35.5. The van der Waals surface area contributed by atoms with Crippen molar-refractivity contribution < 1.29 is 8.42 Å². The number of aliphatic imine (C=N–C) groups is 1. The standard InChI is InChI=1S/C26H31Cl2N5O2S/c1-4-32(5-2)36(34,35)20-13-14-25(31-15-9-6-10-16-31)23(17-20)29-18-21-19(3)30-33(26(21)28)24-12-8-7-11-22(24)27/h7-8,11-14,17-18H,4-6,9-10,15-16H2,1-3H3. The summed E-state index contributed by atoms with van der Waals surface area (Å²) in [7, 11) is -3.62.